The maximum Gasteiger partial charge on any atom is 0.138 e. The monoisotopic (exact) mass is 240 g/mol. The molecule has 2 aromatic rings. The summed E-state index contributed by atoms with van der Waals surface area (Å²) in [6.45, 7) is 0. The van der Waals surface area contributed by atoms with Gasteiger partial charge in [-0.2, -0.15) is 0 Å². The predicted octanol–water partition coefficient (Wildman–Crippen LogP) is 2.98. The van der Waals surface area contributed by atoms with Gasteiger partial charge in [0.15, 0.2) is 0 Å². The van der Waals surface area contributed by atoms with Crippen LogP contribution in [-0.4, -0.2) is 9.97 Å². The van der Waals surface area contributed by atoms with Crippen molar-refractivity contribution in [2.45, 2.75) is 0 Å². The zero-order valence-electron chi connectivity index (χ0n) is 6.59. The van der Waals surface area contributed by atoms with Crippen LogP contribution in [0, 0.1) is 5.82 Å². The van der Waals surface area contributed by atoms with Gasteiger partial charge in [-0.15, -0.1) is 0 Å². The molecule has 66 valence electrons. The quantitative estimate of drug-likeness (QED) is 0.816. The van der Waals surface area contributed by atoms with Crippen LogP contribution in [0.15, 0.2) is 35.2 Å². The molecule has 0 atom stereocenters. The largest absolute Gasteiger partial charge is 0.345 e. The highest BCUT2D eigenvalue weighted by molar-refractivity contribution is 9.10. The first-order valence-electron chi connectivity index (χ1n) is 3.71. The fourth-order valence-electron chi connectivity index (χ4n) is 1.08. The Bertz CT molecular complexity index is 412. The average Bonchev–Trinajstić information content (AvgIpc) is 2.62. The van der Waals surface area contributed by atoms with Crippen molar-refractivity contribution in [1.82, 2.24) is 9.97 Å². The molecule has 0 amide bonds. The highest BCUT2D eigenvalue weighted by atomic mass is 79.9. The van der Waals surface area contributed by atoms with Crippen molar-refractivity contribution < 1.29 is 4.39 Å². The molecule has 1 N–H and O–H groups in total. The molecule has 0 aliphatic heterocycles. The molecule has 0 saturated heterocycles. The summed E-state index contributed by atoms with van der Waals surface area (Å²) in [5.41, 5.74) is 1.60. The lowest BCUT2D eigenvalue weighted by Gasteiger charge is -1.98. The van der Waals surface area contributed by atoms with E-state index in [4.69, 9.17) is 0 Å². The van der Waals surface area contributed by atoms with E-state index in [2.05, 4.69) is 25.9 Å². The second-order valence-corrected chi connectivity index (χ2v) is 3.45. The number of benzene rings is 1. The molecule has 13 heavy (non-hydrogen) atoms. The van der Waals surface area contributed by atoms with Gasteiger partial charge in [-0.25, -0.2) is 9.37 Å². The maximum absolute atomic E-state index is 13.1. The zero-order valence-corrected chi connectivity index (χ0v) is 8.18. The summed E-state index contributed by atoms with van der Waals surface area (Å²) in [5, 5.41) is 0. The molecule has 0 spiro atoms. The molecule has 0 bridgehead atoms. The summed E-state index contributed by atoms with van der Waals surface area (Å²) in [5.74, 6) is -0.271. The Labute approximate surface area is 83.0 Å². The van der Waals surface area contributed by atoms with E-state index in [0.29, 0.717) is 4.47 Å². The van der Waals surface area contributed by atoms with Gasteiger partial charge in [0.25, 0.3) is 0 Å². The summed E-state index contributed by atoms with van der Waals surface area (Å²) in [7, 11) is 0. The van der Waals surface area contributed by atoms with Crippen molar-refractivity contribution in [1.29, 1.82) is 0 Å². The van der Waals surface area contributed by atoms with Crippen molar-refractivity contribution >= 4 is 15.9 Å². The Kier molecular flexibility index (Phi) is 2.14. The van der Waals surface area contributed by atoms with E-state index in [-0.39, 0.29) is 5.82 Å². The van der Waals surface area contributed by atoms with Gasteiger partial charge in [0, 0.05) is 5.56 Å². The lowest BCUT2D eigenvalue weighted by atomic mass is 10.2. The number of rotatable bonds is 1. The molecular formula is C9H6BrFN2. The van der Waals surface area contributed by atoms with Crippen molar-refractivity contribution in [3.05, 3.63) is 41.0 Å². The Morgan fingerprint density at radius 2 is 2.23 bits per heavy atom. The van der Waals surface area contributed by atoms with Gasteiger partial charge in [0.05, 0.1) is 22.7 Å². The summed E-state index contributed by atoms with van der Waals surface area (Å²) in [6, 6.07) is 4.95. The molecule has 0 fully saturated rings. The summed E-state index contributed by atoms with van der Waals surface area (Å²) in [6.07, 6.45) is 3.22. The third-order valence-electron chi connectivity index (χ3n) is 1.73. The van der Waals surface area contributed by atoms with Crippen LogP contribution >= 0.6 is 15.9 Å². The van der Waals surface area contributed by atoms with Gasteiger partial charge in [-0.05, 0) is 28.1 Å². The number of nitrogens with one attached hydrogen (secondary N) is 1. The second kappa shape index (κ2) is 3.30. The molecule has 1 aromatic heterocycles. The van der Waals surface area contributed by atoms with Crippen molar-refractivity contribution in [3.8, 4) is 11.3 Å². The molecule has 0 aliphatic carbocycles. The van der Waals surface area contributed by atoms with Crippen molar-refractivity contribution in [2.75, 3.05) is 0 Å². The van der Waals surface area contributed by atoms with E-state index in [1.54, 1.807) is 18.6 Å². The van der Waals surface area contributed by atoms with Gasteiger partial charge in [-0.3, -0.25) is 0 Å². The highest BCUT2D eigenvalue weighted by Crippen LogP contribution is 2.22. The number of H-pyrrole nitrogens is 1. The van der Waals surface area contributed by atoms with Crippen LogP contribution in [0.4, 0.5) is 4.39 Å². The maximum atomic E-state index is 13.1. The Hall–Kier alpha value is -1.16. The lowest BCUT2D eigenvalue weighted by molar-refractivity contribution is 0.621. The minimum atomic E-state index is -0.271. The molecule has 2 nitrogen and oxygen atoms in total. The number of halogens is 2. The molecule has 1 aromatic carbocycles. The van der Waals surface area contributed by atoms with E-state index in [0.717, 1.165) is 11.3 Å². The molecule has 1 heterocycles. The molecular weight excluding hydrogens is 235 g/mol. The average molecular weight is 241 g/mol. The van der Waals surface area contributed by atoms with Crippen molar-refractivity contribution in [3.63, 3.8) is 0 Å². The number of nitrogens with zero attached hydrogens (tertiary/aromatic N) is 1. The van der Waals surface area contributed by atoms with E-state index in [1.165, 1.54) is 6.07 Å². The molecule has 0 aliphatic rings. The number of hydrogen-bond donors (Lipinski definition) is 1. The predicted molar refractivity (Wildman–Crippen MR) is 51.7 cm³/mol. The topological polar surface area (TPSA) is 28.7 Å². The second-order valence-electron chi connectivity index (χ2n) is 2.59. The Balaban J connectivity index is 2.49. The van der Waals surface area contributed by atoms with Gasteiger partial charge in [0.1, 0.15) is 5.82 Å². The first-order valence-corrected chi connectivity index (χ1v) is 4.50. The zero-order chi connectivity index (χ0) is 9.26. The van der Waals surface area contributed by atoms with Crippen LogP contribution in [0.5, 0.6) is 0 Å². The number of imidazole rings is 1. The van der Waals surface area contributed by atoms with E-state index < -0.39 is 0 Å². The minimum Gasteiger partial charge on any atom is -0.345 e. The normalized spacial score (nSPS) is 10.3. The molecule has 2 rings (SSSR count). The standard InChI is InChI=1S/C9H6BrFN2/c10-7-2-1-6(3-8(7)11)9-4-12-5-13-9/h1-5H,(H,12,13). The minimum absolute atomic E-state index is 0.271. The lowest BCUT2D eigenvalue weighted by Crippen LogP contribution is -1.81. The Morgan fingerprint density at radius 1 is 1.38 bits per heavy atom. The highest BCUT2D eigenvalue weighted by Gasteiger charge is 2.02. The number of hydrogen-bond acceptors (Lipinski definition) is 1. The summed E-state index contributed by atoms with van der Waals surface area (Å²) >= 11 is 3.09. The molecule has 0 saturated carbocycles. The van der Waals surface area contributed by atoms with Crippen LogP contribution in [0.2, 0.25) is 0 Å². The van der Waals surface area contributed by atoms with E-state index in [9.17, 15) is 4.39 Å². The van der Waals surface area contributed by atoms with Crippen LogP contribution in [-0.2, 0) is 0 Å². The van der Waals surface area contributed by atoms with Crippen molar-refractivity contribution in [2.24, 2.45) is 0 Å². The van der Waals surface area contributed by atoms with Crippen LogP contribution < -0.4 is 0 Å². The van der Waals surface area contributed by atoms with Gasteiger partial charge in [0.2, 0.25) is 0 Å². The van der Waals surface area contributed by atoms with Crippen LogP contribution in [0.3, 0.4) is 0 Å². The van der Waals surface area contributed by atoms with Gasteiger partial charge in [-0.1, -0.05) is 6.07 Å². The molecule has 0 unspecified atom stereocenters. The SMILES string of the molecule is Fc1cc(-c2cnc[nH]2)ccc1Br. The number of aromatic nitrogens is 2. The molecule has 0 radical (unpaired) electrons. The van der Waals surface area contributed by atoms with E-state index in [1.807, 2.05) is 6.07 Å². The van der Waals surface area contributed by atoms with E-state index >= 15 is 0 Å². The van der Waals surface area contributed by atoms with Crippen LogP contribution in [0.25, 0.3) is 11.3 Å². The molecule has 4 heteroatoms. The number of aromatic amines is 1. The summed E-state index contributed by atoms with van der Waals surface area (Å²) in [4.78, 5) is 6.77. The third kappa shape index (κ3) is 1.62. The fourth-order valence-corrected chi connectivity index (χ4v) is 1.32. The third-order valence-corrected chi connectivity index (χ3v) is 2.37. The van der Waals surface area contributed by atoms with Gasteiger partial charge >= 0.3 is 0 Å². The first-order chi connectivity index (χ1) is 6.27. The smallest absolute Gasteiger partial charge is 0.138 e. The summed E-state index contributed by atoms with van der Waals surface area (Å²) < 4.78 is 13.6. The Morgan fingerprint density at radius 3 is 2.85 bits per heavy atom. The van der Waals surface area contributed by atoms with Gasteiger partial charge < -0.3 is 4.98 Å². The first kappa shape index (κ1) is 8.44. The fraction of sp³-hybridized carbons (Fsp3) is 0. The van der Waals surface area contributed by atoms with Crippen LogP contribution in [0.1, 0.15) is 0 Å².